The smallest absolute Gasteiger partial charge is 0.244 e. The van der Waals surface area contributed by atoms with Gasteiger partial charge in [0.2, 0.25) is 21.8 Å². The molecule has 0 spiro atoms. The van der Waals surface area contributed by atoms with Crippen molar-refractivity contribution in [3.05, 3.63) is 61.6 Å². The molecule has 0 fully saturated rings. The summed E-state index contributed by atoms with van der Waals surface area (Å²) in [5.74, 6) is -0.857. The Hall–Kier alpha value is -1.56. The highest BCUT2D eigenvalue weighted by Crippen LogP contribution is 2.24. The lowest BCUT2D eigenvalue weighted by molar-refractivity contribution is -0.139. The molecule has 2 aromatic rings. The van der Waals surface area contributed by atoms with Gasteiger partial charge in [-0.1, -0.05) is 36.2 Å². The molecule has 0 bridgehead atoms. The SMILES string of the molecule is CC[C@@H](C)NC(=O)[C@@H](C)N(Cc1ccc(Cl)c(Cl)c1)C(=O)CN(c1ccc(I)cc1)S(C)(=O)=O. The van der Waals surface area contributed by atoms with Gasteiger partial charge in [-0.25, -0.2) is 8.42 Å². The van der Waals surface area contributed by atoms with Crippen LogP contribution in [0, 0.1) is 3.57 Å². The van der Waals surface area contributed by atoms with E-state index in [-0.39, 0.29) is 18.5 Å². The van der Waals surface area contributed by atoms with Crippen LogP contribution in [0.1, 0.15) is 32.8 Å². The van der Waals surface area contributed by atoms with E-state index in [1.54, 1.807) is 49.4 Å². The number of anilines is 1. The zero-order chi connectivity index (χ0) is 25.6. The molecule has 11 heteroatoms. The Bertz CT molecular complexity index is 1130. The number of hydrogen-bond donors (Lipinski definition) is 1. The minimum atomic E-state index is -3.77. The Morgan fingerprint density at radius 2 is 1.68 bits per heavy atom. The summed E-state index contributed by atoms with van der Waals surface area (Å²) < 4.78 is 27.1. The third-order valence-electron chi connectivity index (χ3n) is 5.30. The van der Waals surface area contributed by atoms with Crippen molar-refractivity contribution in [2.24, 2.45) is 0 Å². The molecule has 0 aromatic heterocycles. The Kier molecular flexibility index (Phi) is 10.5. The maximum atomic E-state index is 13.5. The third kappa shape index (κ3) is 8.00. The summed E-state index contributed by atoms with van der Waals surface area (Å²) in [4.78, 5) is 27.7. The van der Waals surface area contributed by atoms with E-state index in [2.05, 4.69) is 27.9 Å². The fraction of sp³-hybridized carbons (Fsp3) is 0.391. The number of hydrogen-bond acceptors (Lipinski definition) is 4. The number of sulfonamides is 1. The van der Waals surface area contributed by atoms with E-state index in [0.717, 1.165) is 20.6 Å². The lowest BCUT2D eigenvalue weighted by Crippen LogP contribution is -2.52. The third-order valence-corrected chi connectivity index (χ3v) is 7.90. The predicted octanol–water partition coefficient (Wildman–Crippen LogP) is 4.70. The molecule has 0 aliphatic heterocycles. The second-order valence-electron chi connectivity index (χ2n) is 8.01. The molecule has 0 saturated carbocycles. The first-order chi connectivity index (χ1) is 15.8. The number of rotatable bonds is 10. The molecule has 0 unspecified atom stereocenters. The summed E-state index contributed by atoms with van der Waals surface area (Å²) in [5, 5.41) is 3.57. The van der Waals surface area contributed by atoms with Gasteiger partial charge in [-0.3, -0.25) is 13.9 Å². The zero-order valence-corrected chi connectivity index (χ0v) is 23.9. The van der Waals surface area contributed by atoms with Crippen LogP contribution in [0.4, 0.5) is 5.69 Å². The molecule has 1 N–H and O–H groups in total. The fourth-order valence-corrected chi connectivity index (χ4v) is 4.63. The standard InChI is InChI=1S/C23H28Cl2IN3O4S/c1-5-15(2)27-23(31)16(3)28(13-17-6-11-20(24)21(25)12-17)22(30)14-29(34(4,32)33)19-9-7-18(26)8-10-19/h6-12,15-16H,5,13-14H2,1-4H3,(H,27,31)/t15-,16-/m1/s1. The number of carbonyl (C=O) groups is 2. The van der Waals surface area contributed by atoms with Gasteiger partial charge in [0.1, 0.15) is 12.6 Å². The van der Waals surface area contributed by atoms with Gasteiger partial charge in [-0.15, -0.1) is 0 Å². The molecule has 0 aliphatic rings. The van der Waals surface area contributed by atoms with E-state index >= 15 is 0 Å². The summed E-state index contributed by atoms with van der Waals surface area (Å²) in [6.45, 7) is 5.02. The van der Waals surface area contributed by atoms with Crippen LogP contribution < -0.4 is 9.62 Å². The van der Waals surface area contributed by atoms with Crippen LogP contribution in [0.25, 0.3) is 0 Å². The Morgan fingerprint density at radius 3 is 2.21 bits per heavy atom. The molecule has 2 rings (SSSR count). The van der Waals surface area contributed by atoms with E-state index in [9.17, 15) is 18.0 Å². The van der Waals surface area contributed by atoms with E-state index in [1.807, 2.05) is 13.8 Å². The molecule has 0 saturated heterocycles. The van der Waals surface area contributed by atoms with Gasteiger partial charge in [0.15, 0.2) is 0 Å². The van der Waals surface area contributed by atoms with Gasteiger partial charge in [-0.05, 0) is 84.8 Å². The minimum Gasteiger partial charge on any atom is -0.352 e. The quantitative estimate of drug-likeness (QED) is 0.382. The van der Waals surface area contributed by atoms with Gasteiger partial charge < -0.3 is 10.2 Å². The van der Waals surface area contributed by atoms with Gasteiger partial charge in [0.25, 0.3) is 0 Å². The van der Waals surface area contributed by atoms with Crippen molar-refractivity contribution in [1.29, 1.82) is 0 Å². The van der Waals surface area contributed by atoms with Crippen molar-refractivity contribution in [2.75, 3.05) is 17.1 Å². The monoisotopic (exact) mass is 639 g/mol. The summed E-state index contributed by atoms with van der Waals surface area (Å²) in [6.07, 6.45) is 1.77. The molecule has 0 heterocycles. The van der Waals surface area contributed by atoms with Gasteiger partial charge >= 0.3 is 0 Å². The predicted molar refractivity (Wildman–Crippen MR) is 146 cm³/mol. The maximum absolute atomic E-state index is 13.5. The molecular weight excluding hydrogens is 612 g/mol. The van der Waals surface area contributed by atoms with E-state index in [1.165, 1.54) is 4.90 Å². The van der Waals surface area contributed by atoms with Crippen LogP contribution in [0.2, 0.25) is 10.0 Å². The van der Waals surface area contributed by atoms with Crippen molar-refractivity contribution in [1.82, 2.24) is 10.2 Å². The number of nitrogens with one attached hydrogen (secondary N) is 1. The second kappa shape index (κ2) is 12.4. The van der Waals surface area contributed by atoms with Crippen LogP contribution in [-0.2, 0) is 26.2 Å². The lowest BCUT2D eigenvalue weighted by Gasteiger charge is -2.32. The van der Waals surface area contributed by atoms with Gasteiger partial charge in [-0.2, -0.15) is 0 Å². The summed E-state index contributed by atoms with van der Waals surface area (Å²) in [5.41, 5.74) is 1.02. The Morgan fingerprint density at radius 1 is 1.06 bits per heavy atom. The molecule has 34 heavy (non-hydrogen) atoms. The highest BCUT2D eigenvalue weighted by molar-refractivity contribution is 14.1. The largest absolute Gasteiger partial charge is 0.352 e. The molecule has 7 nitrogen and oxygen atoms in total. The van der Waals surface area contributed by atoms with Crippen LogP contribution in [0.3, 0.4) is 0 Å². The molecule has 0 aliphatic carbocycles. The highest BCUT2D eigenvalue weighted by atomic mass is 127. The summed E-state index contributed by atoms with van der Waals surface area (Å²) >= 11 is 14.3. The first kappa shape index (κ1) is 28.7. The number of amides is 2. The first-order valence-corrected chi connectivity index (χ1v) is 14.3. The average Bonchev–Trinajstić information content (AvgIpc) is 2.77. The number of benzene rings is 2. The summed E-state index contributed by atoms with van der Waals surface area (Å²) in [7, 11) is -3.77. The van der Waals surface area contributed by atoms with Crippen molar-refractivity contribution in [3.8, 4) is 0 Å². The van der Waals surface area contributed by atoms with Gasteiger partial charge in [0, 0.05) is 16.2 Å². The van der Waals surface area contributed by atoms with E-state index in [4.69, 9.17) is 23.2 Å². The van der Waals surface area contributed by atoms with E-state index < -0.39 is 28.5 Å². The topological polar surface area (TPSA) is 86.8 Å². The lowest BCUT2D eigenvalue weighted by atomic mass is 10.1. The zero-order valence-electron chi connectivity index (χ0n) is 19.4. The average molecular weight is 640 g/mol. The van der Waals surface area contributed by atoms with Crippen LogP contribution in [0.15, 0.2) is 42.5 Å². The normalized spacial score (nSPS) is 13.1. The highest BCUT2D eigenvalue weighted by Gasteiger charge is 2.30. The molecule has 186 valence electrons. The van der Waals surface area contributed by atoms with Crippen LogP contribution >= 0.6 is 45.8 Å². The van der Waals surface area contributed by atoms with Crippen molar-refractivity contribution in [3.63, 3.8) is 0 Å². The van der Waals surface area contributed by atoms with Crippen molar-refractivity contribution < 1.29 is 18.0 Å². The van der Waals surface area contributed by atoms with Crippen LogP contribution in [0.5, 0.6) is 0 Å². The number of nitrogens with zero attached hydrogens (tertiary/aromatic N) is 2. The molecule has 0 radical (unpaired) electrons. The van der Waals surface area contributed by atoms with Gasteiger partial charge in [0.05, 0.1) is 22.0 Å². The van der Waals surface area contributed by atoms with Crippen molar-refractivity contribution in [2.45, 2.75) is 45.8 Å². The number of carbonyl (C=O) groups excluding carboxylic acids is 2. The second-order valence-corrected chi connectivity index (χ2v) is 12.0. The molecule has 2 amide bonds. The molecule has 2 atom stereocenters. The maximum Gasteiger partial charge on any atom is 0.244 e. The Labute approximate surface area is 225 Å². The Balaban J connectivity index is 2.40. The molecular formula is C23H28Cl2IN3O4S. The van der Waals surface area contributed by atoms with Crippen molar-refractivity contribution >= 4 is 73.3 Å². The minimum absolute atomic E-state index is 0.0507. The molecule has 2 aromatic carbocycles. The van der Waals surface area contributed by atoms with Crippen LogP contribution in [-0.4, -0.2) is 50.0 Å². The summed E-state index contributed by atoms with van der Waals surface area (Å²) in [6, 6.07) is 10.8. The number of halogens is 3. The first-order valence-electron chi connectivity index (χ1n) is 10.6. The fourth-order valence-electron chi connectivity index (χ4n) is 3.10. The van der Waals surface area contributed by atoms with E-state index in [0.29, 0.717) is 21.3 Å².